The summed E-state index contributed by atoms with van der Waals surface area (Å²) in [5.74, 6) is 1.46. The van der Waals surface area contributed by atoms with Gasteiger partial charge < -0.3 is 10.2 Å². The average molecular weight is 313 g/mol. The Morgan fingerprint density at radius 2 is 2.05 bits per heavy atom. The lowest BCUT2D eigenvalue weighted by molar-refractivity contribution is 0.210. The SMILES string of the molecule is CC1CCC(CN)(c2nc3cc(Cl)cc(Cl)c3o2)CC1. The fourth-order valence-corrected chi connectivity index (χ4v) is 3.53. The fourth-order valence-electron chi connectivity index (χ4n) is 3.01. The molecule has 0 bridgehead atoms. The number of aromatic nitrogens is 1. The molecule has 1 fully saturated rings. The molecule has 0 unspecified atom stereocenters. The Labute approximate surface area is 128 Å². The van der Waals surface area contributed by atoms with Crippen LogP contribution in [0.3, 0.4) is 0 Å². The Balaban J connectivity index is 2.06. The summed E-state index contributed by atoms with van der Waals surface area (Å²) in [7, 11) is 0. The largest absolute Gasteiger partial charge is 0.438 e. The third kappa shape index (κ3) is 2.32. The van der Waals surface area contributed by atoms with Gasteiger partial charge in [0.15, 0.2) is 5.58 Å². The molecule has 0 spiro atoms. The Morgan fingerprint density at radius 3 is 2.70 bits per heavy atom. The summed E-state index contributed by atoms with van der Waals surface area (Å²) in [4.78, 5) is 4.61. The number of fused-ring (bicyclic) bond motifs is 1. The first-order chi connectivity index (χ1) is 9.54. The zero-order chi connectivity index (χ0) is 14.3. The number of oxazole rings is 1. The highest BCUT2D eigenvalue weighted by Crippen LogP contribution is 2.42. The smallest absolute Gasteiger partial charge is 0.203 e. The van der Waals surface area contributed by atoms with Gasteiger partial charge in [-0.25, -0.2) is 4.98 Å². The summed E-state index contributed by atoms with van der Waals surface area (Å²) in [6.45, 7) is 2.83. The third-order valence-corrected chi connectivity index (χ3v) is 4.98. The first kappa shape index (κ1) is 14.2. The predicted molar refractivity (Wildman–Crippen MR) is 82.4 cm³/mol. The molecular weight excluding hydrogens is 295 g/mol. The van der Waals surface area contributed by atoms with Crippen LogP contribution in [0.25, 0.3) is 11.1 Å². The number of benzene rings is 1. The Hall–Kier alpha value is -0.770. The lowest BCUT2D eigenvalue weighted by atomic mass is 9.71. The van der Waals surface area contributed by atoms with Crippen molar-refractivity contribution in [2.24, 2.45) is 11.7 Å². The van der Waals surface area contributed by atoms with Gasteiger partial charge in [0.25, 0.3) is 0 Å². The van der Waals surface area contributed by atoms with Gasteiger partial charge in [0.05, 0.1) is 10.4 Å². The monoisotopic (exact) mass is 312 g/mol. The Bertz CT molecular complexity index is 630. The van der Waals surface area contributed by atoms with Crippen LogP contribution in [-0.2, 0) is 5.41 Å². The van der Waals surface area contributed by atoms with E-state index in [0.717, 1.165) is 31.6 Å². The van der Waals surface area contributed by atoms with Crippen LogP contribution in [0.15, 0.2) is 16.5 Å². The summed E-state index contributed by atoms with van der Waals surface area (Å²) in [5, 5.41) is 1.07. The van der Waals surface area contributed by atoms with Crippen molar-refractivity contribution in [1.82, 2.24) is 4.98 Å². The lowest BCUT2D eigenvalue weighted by Crippen LogP contribution is -2.38. The first-order valence-electron chi connectivity index (χ1n) is 7.00. The van der Waals surface area contributed by atoms with E-state index in [1.807, 2.05) is 0 Å². The molecule has 3 nitrogen and oxygen atoms in total. The van der Waals surface area contributed by atoms with Crippen LogP contribution in [0.4, 0.5) is 0 Å². The normalized spacial score (nSPS) is 27.1. The van der Waals surface area contributed by atoms with Gasteiger partial charge in [0, 0.05) is 11.6 Å². The van der Waals surface area contributed by atoms with Crippen LogP contribution < -0.4 is 5.73 Å². The minimum Gasteiger partial charge on any atom is -0.438 e. The van der Waals surface area contributed by atoms with E-state index in [4.69, 9.17) is 33.4 Å². The summed E-state index contributed by atoms with van der Waals surface area (Å²) < 4.78 is 5.94. The molecule has 20 heavy (non-hydrogen) atoms. The molecule has 1 saturated carbocycles. The maximum absolute atomic E-state index is 6.18. The quantitative estimate of drug-likeness (QED) is 0.885. The van der Waals surface area contributed by atoms with E-state index in [0.29, 0.717) is 33.6 Å². The van der Waals surface area contributed by atoms with Gasteiger partial charge in [0.1, 0.15) is 5.52 Å². The number of hydrogen-bond donors (Lipinski definition) is 1. The van der Waals surface area contributed by atoms with E-state index >= 15 is 0 Å². The second-order valence-electron chi connectivity index (χ2n) is 5.92. The van der Waals surface area contributed by atoms with E-state index in [-0.39, 0.29) is 5.41 Å². The van der Waals surface area contributed by atoms with Crippen molar-refractivity contribution >= 4 is 34.3 Å². The number of nitrogens with zero attached hydrogens (tertiary/aromatic N) is 1. The van der Waals surface area contributed by atoms with Gasteiger partial charge in [-0.3, -0.25) is 0 Å². The van der Waals surface area contributed by atoms with Gasteiger partial charge >= 0.3 is 0 Å². The zero-order valence-corrected chi connectivity index (χ0v) is 13.0. The van der Waals surface area contributed by atoms with E-state index in [1.165, 1.54) is 0 Å². The second-order valence-corrected chi connectivity index (χ2v) is 6.77. The second kappa shape index (κ2) is 5.21. The van der Waals surface area contributed by atoms with E-state index in [9.17, 15) is 0 Å². The number of nitrogens with two attached hydrogens (primary N) is 1. The molecule has 2 aromatic rings. The minimum atomic E-state index is -0.151. The predicted octanol–water partition coefficient (Wildman–Crippen LogP) is 4.54. The van der Waals surface area contributed by atoms with Crippen LogP contribution in [0, 0.1) is 5.92 Å². The van der Waals surface area contributed by atoms with Crippen molar-refractivity contribution in [3.63, 3.8) is 0 Å². The summed E-state index contributed by atoms with van der Waals surface area (Å²) in [6, 6.07) is 3.46. The van der Waals surface area contributed by atoms with Crippen molar-refractivity contribution in [3.05, 3.63) is 28.1 Å². The molecule has 0 aliphatic heterocycles. The molecule has 3 rings (SSSR count). The molecule has 0 amide bonds. The van der Waals surface area contributed by atoms with E-state index < -0.39 is 0 Å². The molecule has 0 atom stereocenters. The number of halogens is 2. The molecule has 1 aromatic heterocycles. The molecule has 1 aromatic carbocycles. The molecule has 1 aliphatic carbocycles. The van der Waals surface area contributed by atoms with Gasteiger partial charge in [0.2, 0.25) is 5.89 Å². The van der Waals surface area contributed by atoms with Gasteiger partial charge in [-0.15, -0.1) is 0 Å². The summed E-state index contributed by atoms with van der Waals surface area (Å²) >= 11 is 12.2. The van der Waals surface area contributed by atoms with Crippen LogP contribution in [-0.4, -0.2) is 11.5 Å². The van der Waals surface area contributed by atoms with Gasteiger partial charge in [-0.2, -0.15) is 0 Å². The molecule has 1 aliphatic rings. The van der Waals surface area contributed by atoms with E-state index in [2.05, 4.69) is 11.9 Å². The van der Waals surface area contributed by atoms with E-state index in [1.54, 1.807) is 12.1 Å². The Kier molecular flexibility index (Phi) is 3.69. The van der Waals surface area contributed by atoms with Gasteiger partial charge in [-0.1, -0.05) is 30.1 Å². The first-order valence-corrected chi connectivity index (χ1v) is 7.76. The summed E-state index contributed by atoms with van der Waals surface area (Å²) in [5.41, 5.74) is 7.22. The van der Waals surface area contributed by atoms with Crippen LogP contribution in [0.5, 0.6) is 0 Å². The maximum Gasteiger partial charge on any atom is 0.203 e. The standard InChI is InChI=1S/C15H18Cl2N2O/c1-9-2-4-15(8-18,5-3-9)14-19-12-7-10(16)6-11(17)13(12)20-14/h6-7,9H,2-5,8,18H2,1H3. The molecule has 0 saturated heterocycles. The third-order valence-electron chi connectivity index (χ3n) is 4.49. The molecule has 2 N–H and O–H groups in total. The topological polar surface area (TPSA) is 52.0 Å². The van der Waals surface area contributed by atoms with Gasteiger partial charge in [-0.05, 0) is 43.7 Å². The Morgan fingerprint density at radius 1 is 1.35 bits per heavy atom. The van der Waals surface area contributed by atoms with Crippen molar-refractivity contribution in [1.29, 1.82) is 0 Å². The van der Waals surface area contributed by atoms with Crippen LogP contribution in [0.1, 0.15) is 38.5 Å². The highest BCUT2D eigenvalue weighted by molar-refractivity contribution is 6.37. The summed E-state index contributed by atoms with van der Waals surface area (Å²) in [6.07, 6.45) is 4.35. The molecule has 5 heteroatoms. The van der Waals surface area contributed by atoms with Crippen molar-refractivity contribution < 1.29 is 4.42 Å². The molecular formula is C15H18Cl2N2O. The highest BCUT2D eigenvalue weighted by Gasteiger charge is 2.39. The van der Waals surface area contributed by atoms with Crippen molar-refractivity contribution in [2.75, 3.05) is 6.54 Å². The van der Waals surface area contributed by atoms with Crippen LogP contribution >= 0.6 is 23.2 Å². The van der Waals surface area contributed by atoms with Crippen molar-refractivity contribution in [2.45, 2.75) is 38.0 Å². The molecule has 1 heterocycles. The zero-order valence-electron chi connectivity index (χ0n) is 11.5. The van der Waals surface area contributed by atoms with Crippen LogP contribution in [0.2, 0.25) is 10.0 Å². The number of hydrogen-bond acceptors (Lipinski definition) is 3. The lowest BCUT2D eigenvalue weighted by Gasteiger charge is -2.35. The molecule has 0 radical (unpaired) electrons. The number of rotatable bonds is 2. The average Bonchev–Trinajstić information content (AvgIpc) is 2.85. The van der Waals surface area contributed by atoms with Crippen molar-refractivity contribution in [3.8, 4) is 0 Å². The maximum atomic E-state index is 6.18. The minimum absolute atomic E-state index is 0.151. The fraction of sp³-hybridized carbons (Fsp3) is 0.533. The molecule has 108 valence electrons. The highest BCUT2D eigenvalue weighted by atomic mass is 35.5.